The highest BCUT2D eigenvalue weighted by Crippen LogP contribution is 2.26. The van der Waals surface area contributed by atoms with Crippen molar-refractivity contribution in [2.45, 2.75) is 25.8 Å². The van der Waals surface area contributed by atoms with Gasteiger partial charge in [0.2, 0.25) is 0 Å². The Morgan fingerprint density at radius 1 is 0.968 bits per heavy atom. The zero-order valence-electron chi connectivity index (χ0n) is 18.1. The lowest BCUT2D eigenvalue weighted by atomic mass is 10.0. The van der Waals surface area contributed by atoms with E-state index in [9.17, 15) is 0 Å². The van der Waals surface area contributed by atoms with Gasteiger partial charge in [0.25, 0.3) is 11.8 Å². The van der Waals surface area contributed by atoms with E-state index in [2.05, 4.69) is 37.4 Å². The molecule has 2 saturated heterocycles. The Labute approximate surface area is 183 Å². The molecule has 0 aromatic carbocycles. The molecule has 2 N–H and O–H groups in total. The molecule has 31 heavy (non-hydrogen) atoms. The normalized spacial score (nSPS) is 21.5. The second-order valence-electron chi connectivity index (χ2n) is 7.96. The molecular formula is C22H32N6O3. The first-order valence-corrected chi connectivity index (χ1v) is 11.1. The lowest BCUT2D eigenvalue weighted by Crippen LogP contribution is -2.50. The Kier molecular flexibility index (Phi) is 7.73. The van der Waals surface area contributed by atoms with Crippen molar-refractivity contribution in [2.24, 2.45) is 5.92 Å². The van der Waals surface area contributed by atoms with Gasteiger partial charge in [-0.2, -0.15) is 0 Å². The molecule has 2 aliphatic rings. The van der Waals surface area contributed by atoms with Gasteiger partial charge in [-0.15, -0.1) is 0 Å². The van der Waals surface area contributed by atoms with E-state index >= 15 is 0 Å². The van der Waals surface area contributed by atoms with Crippen LogP contribution in [0.2, 0.25) is 0 Å². The fourth-order valence-electron chi connectivity index (χ4n) is 3.92. The van der Waals surface area contributed by atoms with Crippen LogP contribution in [0.25, 0.3) is 0 Å². The zero-order valence-corrected chi connectivity index (χ0v) is 18.1. The fourth-order valence-corrected chi connectivity index (χ4v) is 3.92. The molecule has 2 atom stereocenters. The Balaban J connectivity index is 1.29. The molecule has 1 unspecified atom stereocenters. The van der Waals surface area contributed by atoms with E-state index in [1.807, 2.05) is 12.1 Å². The van der Waals surface area contributed by atoms with Crippen molar-refractivity contribution < 1.29 is 14.2 Å². The van der Waals surface area contributed by atoms with Gasteiger partial charge in [-0.3, -0.25) is 0 Å². The van der Waals surface area contributed by atoms with Gasteiger partial charge >= 0.3 is 0 Å². The van der Waals surface area contributed by atoms with E-state index in [-0.39, 0.29) is 0 Å². The van der Waals surface area contributed by atoms with Gasteiger partial charge in [0.15, 0.2) is 11.6 Å². The molecule has 2 fully saturated rings. The molecule has 2 aromatic rings. The summed E-state index contributed by atoms with van der Waals surface area (Å²) in [5.74, 6) is 2.98. The maximum Gasteiger partial charge on any atom is 0.257 e. The van der Waals surface area contributed by atoms with Crippen LogP contribution in [0.15, 0.2) is 30.7 Å². The number of aromatic nitrogens is 3. The number of hydrogen-bond acceptors (Lipinski definition) is 9. The molecule has 9 nitrogen and oxygen atoms in total. The summed E-state index contributed by atoms with van der Waals surface area (Å²) in [5.41, 5.74) is 0. The van der Waals surface area contributed by atoms with Crippen molar-refractivity contribution in [1.29, 1.82) is 0 Å². The molecule has 4 rings (SSSR count). The van der Waals surface area contributed by atoms with Crippen molar-refractivity contribution >= 4 is 5.82 Å². The smallest absolute Gasteiger partial charge is 0.257 e. The molecule has 0 saturated carbocycles. The van der Waals surface area contributed by atoms with Crippen LogP contribution >= 0.6 is 0 Å². The molecule has 0 aliphatic carbocycles. The van der Waals surface area contributed by atoms with Crippen LogP contribution in [0, 0.1) is 5.92 Å². The monoisotopic (exact) mass is 428 g/mol. The number of piperidine rings is 1. The Morgan fingerprint density at radius 3 is 2.68 bits per heavy atom. The number of hydrogen-bond donors (Lipinski definition) is 2. The quantitative estimate of drug-likeness (QED) is 0.576. The minimum atomic E-state index is 0.332. The van der Waals surface area contributed by atoms with Crippen molar-refractivity contribution in [3.63, 3.8) is 0 Å². The topological polar surface area (TPSA) is 93.7 Å². The Morgan fingerprint density at radius 2 is 1.81 bits per heavy atom. The first-order chi connectivity index (χ1) is 15.3. The predicted octanol–water partition coefficient (Wildman–Crippen LogP) is 1.51. The zero-order chi connectivity index (χ0) is 21.3. The van der Waals surface area contributed by atoms with E-state index in [1.165, 1.54) is 12.8 Å². The van der Waals surface area contributed by atoms with Gasteiger partial charge in [0.05, 0.1) is 6.61 Å². The van der Waals surface area contributed by atoms with Crippen LogP contribution in [0.1, 0.15) is 19.8 Å². The number of nitrogens with zero attached hydrogens (tertiary/aromatic N) is 4. The van der Waals surface area contributed by atoms with Crippen LogP contribution in [0.5, 0.6) is 17.5 Å². The van der Waals surface area contributed by atoms with Crippen LogP contribution in [0.3, 0.4) is 0 Å². The fraction of sp³-hybridized carbons (Fsp3) is 0.591. The third-order valence-corrected chi connectivity index (χ3v) is 5.59. The van der Waals surface area contributed by atoms with E-state index in [1.54, 1.807) is 18.6 Å². The number of ether oxygens (including phenoxy) is 3. The number of rotatable bonds is 9. The first-order valence-electron chi connectivity index (χ1n) is 11.1. The molecule has 0 amide bonds. The molecule has 0 radical (unpaired) electrons. The van der Waals surface area contributed by atoms with E-state index in [4.69, 9.17) is 14.2 Å². The number of piperazine rings is 1. The molecule has 2 aliphatic heterocycles. The summed E-state index contributed by atoms with van der Waals surface area (Å²) in [6, 6.07) is 4.05. The maximum atomic E-state index is 5.95. The maximum absolute atomic E-state index is 5.95. The Hall–Kier alpha value is -2.65. The van der Waals surface area contributed by atoms with Crippen LogP contribution in [0.4, 0.5) is 5.82 Å². The summed E-state index contributed by atoms with van der Waals surface area (Å²) in [6.07, 6.45) is 7.44. The van der Waals surface area contributed by atoms with Gasteiger partial charge in [-0.05, 0) is 38.4 Å². The summed E-state index contributed by atoms with van der Waals surface area (Å²) in [7, 11) is 0. The highest BCUT2D eigenvalue weighted by atomic mass is 16.5. The van der Waals surface area contributed by atoms with Gasteiger partial charge in [0.1, 0.15) is 13.2 Å². The summed E-state index contributed by atoms with van der Waals surface area (Å²) < 4.78 is 17.8. The lowest BCUT2D eigenvalue weighted by molar-refractivity contribution is 0.183. The van der Waals surface area contributed by atoms with Gasteiger partial charge in [-0.1, -0.05) is 0 Å². The molecule has 0 spiro atoms. The average Bonchev–Trinajstić information content (AvgIpc) is 2.82. The van der Waals surface area contributed by atoms with Crippen molar-refractivity contribution in [3.8, 4) is 17.5 Å². The SMILES string of the molecule is C[C@@H]1CNCCN1c1nccnc1OCCOc1cccnc1OCC1CCCNC1. The second kappa shape index (κ2) is 11.1. The van der Waals surface area contributed by atoms with E-state index in [0.29, 0.717) is 49.3 Å². The molecule has 9 heteroatoms. The van der Waals surface area contributed by atoms with Gasteiger partial charge in [-0.25, -0.2) is 15.0 Å². The van der Waals surface area contributed by atoms with E-state index < -0.39 is 0 Å². The number of anilines is 1. The molecule has 0 bridgehead atoms. The third-order valence-electron chi connectivity index (χ3n) is 5.59. The van der Waals surface area contributed by atoms with Crippen LogP contribution in [-0.2, 0) is 0 Å². The predicted molar refractivity (Wildman–Crippen MR) is 118 cm³/mol. The summed E-state index contributed by atoms with van der Waals surface area (Å²) in [5, 5.41) is 6.80. The lowest BCUT2D eigenvalue weighted by Gasteiger charge is -2.35. The summed E-state index contributed by atoms with van der Waals surface area (Å²) in [4.78, 5) is 15.5. The molecular weight excluding hydrogens is 396 g/mol. The van der Waals surface area contributed by atoms with Crippen molar-refractivity contribution in [2.75, 3.05) is 57.4 Å². The highest BCUT2D eigenvalue weighted by molar-refractivity contribution is 5.49. The summed E-state index contributed by atoms with van der Waals surface area (Å²) >= 11 is 0. The van der Waals surface area contributed by atoms with Gasteiger partial charge < -0.3 is 29.7 Å². The minimum absolute atomic E-state index is 0.332. The largest absolute Gasteiger partial charge is 0.484 e. The van der Waals surface area contributed by atoms with Crippen molar-refractivity contribution in [1.82, 2.24) is 25.6 Å². The number of nitrogens with one attached hydrogen (secondary N) is 2. The summed E-state index contributed by atoms with van der Waals surface area (Å²) in [6.45, 7) is 8.32. The van der Waals surface area contributed by atoms with Crippen molar-refractivity contribution in [3.05, 3.63) is 30.7 Å². The molecule has 2 aromatic heterocycles. The minimum Gasteiger partial charge on any atom is -0.484 e. The second-order valence-corrected chi connectivity index (χ2v) is 7.96. The van der Waals surface area contributed by atoms with Crippen LogP contribution < -0.4 is 29.7 Å². The van der Waals surface area contributed by atoms with Crippen LogP contribution in [-0.4, -0.2) is 73.5 Å². The van der Waals surface area contributed by atoms with E-state index in [0.717, 1.165) is 38.5 Å². The highest BCUT2D eigenvalue weighted by Gasteiger charge is 2.23. The van der Waals surface area contributed by atoms with Gasteiger partial charge in [0, 0.05) is 56.7 Å². The third kappa shape index (κ3) is 5.95. The Bertz CT molecular complexity index is 817. The molecule has 4 heterocycles. The molecule has 168 valence electrons. The standard InChI is InChI=1S/C22H32N6O3/c1-17-14-24-10-11-28(17)20-22(27-9-8-25-20)30-13-12-29-19-5-3-7-26-21(19)31-16-18-4-2-6-23-15-18/h3,5,7-9,17-18,23-24H,2,4,6,10-16H2,1H3/t17-,18?/m1/s1. The first kappa shape index (κ1) is 21.6. The number of pyridine rings is 1. The average molecular weight is 429 g/mol.